The van der Waals surface area contributed by atoms with Gasteiger partial charge in [-0.3, -0.25) is 57.5 Å². The molecule has 2 aromatic rings. The average molecular weight is 1460 g/mol. The number of benzene rings is 2. The van der Waals surface area contributed by atoms with E-state index >= 15 is 4.79 Å². The quantitative estimate of drug-likeness (QED) is 0.175. The zero-order chi connectivity index (χ0) is 72.4. The highest BCUT2D eigenvalue weighted by Gasteiger charge is 2.44. The van der Waals surface area contributed by atoms with Crippen LogP contribution < -0.4 is 21.3 Å². The van der Waals surface area contributed by atoms with E-state index in [0.29, 0.717) is 37.9 Å². The zero-order valence-electron chi connectivity index (χ0n) is 58.1. The van der Waals surface area contributed by atoms with Crippen LogP contribution in [0.5, 0.6) is 0 Å². The number of likely N-dealkylation sites (tertiary alicyclic amines) is 1. The summed E-state index contributed by atoms with van der Waals surface area (Å²) in [6.07, 6.45) is 2.18. The number of piperidine rings is 1. The van der Waals surface area contributed by atoms with E-state index in [1.807, 2.05) is 27.7 Å². The molecule has 12 amide bonds. The molecule has 0 spiro atoms. The van der Waals surface area contributed by atoms with E-state index in [-0.39, 0.29) is 43.1 Å². The third-order valence-electron chi connectivity index (χ3n) is 17.9. The van der Waals surface area contributed by atoms with Crippen LogP contribution in [0.25, 0.3) is 0 Å². The van der Waals surface area contributed by atoms with Gasteiger partial charge in [-0.1, -0.05) is 72.2 Å². The van der Waals surface area contributed by atoms with Gasteiger partial charge in [-0.15, -0.1) is 12.3 Å². The van der Waals surface area contributed by atoms with Crippen LogP contribution in [0.1, 0.15) is 123 Å². The summed E-state index contributed by atoms with van der Waals surface area (Å²) in [4.78, 5) is 184. The van der Waals surface area contributed by atoms with Gasteiger partial charge in [0.15, 0.2) is 0 Å². The molecule has 2 fully saturated rings. The monoisotopic (exact) mass is 1460 g/mol. The Balaban J connectivity index is 1.89. The van der Waals surface area contributed by atoms with Crippen molar-refractivity contribution < 1.29 is 70.7 Å². The molecule has 28 heteroatoms. The predicted octanol–water partition coefficient (Wildman–Crippen LogP) is 3.71. The van der Waals surface area contributed by atoms with Gasteiger partial charge in [0.2, 0.25) is 70.9 Å². The molecule has 4 N–H and O–H groups in total. The maximum atomic E-state index is 15.1. The van der Waals surface area contributed by atoms with Gasteiger partial charge in [0, 0.05) is 85.3 Å². The topological polar surface area (TPSA) is 279 Å². The van der Waals surface area contributed by atoms with Crippen molar-refractivity contribution in [3.63, 3.8) is 0 Å². The first-order chi connectivity index (χ1) is 44.7. The number of carbonyl (C=O) groups excluding carboxylic acids is 12. The summed E-state index contributed by atoms with van der Waals surface area (Å²) in [7, 11) is 9.11. The first kappa shape index (κ1) is 80.6. The van der Waals surface area contributed by atoms with Crippen molar-refractivity contribution in [2.75, 3.05) is 82.1 Å². The fourth-order valence-corrected chi connectivity index (χ4v) is 11.9. The van der Waals surface area contributed by atoms with Gasteiger partial charge in [0.25, 0.3) is 0 Å². The number of hydrogen-bond donors (Lipinski definition) is 4. The number of terminal acetylenes is 1. The molecule has 96 heavy (non-hydrogen) atoms. The van der Waals surface area contributed by atoms with Crippen LogP contribution in [-0.4, -0.2) is 240 Å². The van der Waals surface area contributed by atoms with Gasteiger partial charge in [0.05, 0.1) is 31.6 Å². The number of hydrogen-bond acceptors (Lipinski definition) is 12. The summed E-state index contributed by atoms with van der Waals surface area (Å²) in [6.45, 7) is 12.2. The summed E-state index contributed by atoms with van der Waals surface area (Å²) in [5.41, 5.74) is -2.04. The van der Waals surface area contributed by atoms with Crippen LogP contribution in [0.4, 0.5) is 13.2 Å². The lowest BCUT2D eigenvalue weighted by atomic mass is 9.95. The standard InChI is InChI=1S/C68H98F3IN12O12/c1-17-23-48-62(92)83(16)67(8,9)66(96)75-50(32-41(3)4)61(91)82(15)53(64(94)84-30-20-19-21-31-84)37-55(86)80(13)51(33-42(5)6)60(90)76-58(43(7)18-2)65(95)79(12)39-56(87)77(10)40-57(88)81(14)52(36-44-26-28-46(29-27-44)68(69,70)71)63(93)78(11)38-54(85)73-49(59(89)74-48)35-45-24-22-25-47(72)34-45/h1,22,24-29,34,41-43,48-53,58H,18-21,23,30-33,35-40H2,2-16H3,(H,73,85)(H,74,89)(H,75,96)(H,76,90)/t43-,48-,49-,50-,51-,52-,53?,58-/m0/s1. The molecule has 530 valence electrons. The highest BCUT2D eigenvalue weighted by atomic mass is 127. The molecule has 2 aromatic carbocycles. The van der Waals surface area contributed by atoms with Crippen molar-refractivity contribution in [1.29, 1.82) is 0 Å². The van der Waals surface area contributed by atoms with Crippen molar-refractivity contribution in [2.24, 2.45) is 17.8 Å². The molecule has 0 bridgehead atoms. The van der Waals surface area contributed by atoms with E-state index in [4.69, 9.17) is 6.42 Å². The van der Waals surface area contributed by atoms with Gasteiger partial charge >= 0.3 is 6.18 Å². The number of nitrogens with zero attached hydrogens (tertiary/aromatic N) is 8. The minimum absolute atomic E-state index is 0.0290. The Bertz CT molecular complexity index is 3170. The first-order valence-electron chi connectivity index (χ1n) is 32.4. The van der Waals surface area contributed by atoms with Crippen LogP contribution in [0.15, 0.2) is 48.5 Å². The Labute approximate surface area is 576 Å². The Kier molecular flexibility index (Phi) is 30.2. The number of rotatable bonds is 12. The zero-order valence-corrected chi connectivity index (χ0v) is 60.2. The number of carbonyl (C=O) groups is 12. The summed E-state index contributed by atoms with van der Waals surface area (Å²) in [5.74, 6) is -7.99. The van der Waals surface area contributed by atoms with E-state index in [1.165, 1.54) is 68.1 Å². The third-order valence-corrected chi connectivity index (χ3v) is 18.6. The third kappa shape index (κ3) is 22.4. The van der Waals surface area contributed by atoms with Crippen LogP contribution in [0.3, 0.4) is 0 Å². The second-order valence-corrected chi connectivity index (χ2v) is 27.9. The number of likely N-dealkylation sites (N-methyl/N-ethyl adjacent to an activating group) is 7. The molecule has 2 saturated heterocycles. The minimum Gasteiger partial charge on any atom is -0.342 e. The number of nitrogens with one attached hydrogen (secondary N) is 4. The largest absolute Gasteiger partial charge is 0.416 e. The van der Waals surface area contributed by atoms with Crippen molar-refractivity contribution in [1.82, 2.24) is 60.5 Å². The van der Waals surface area contributed by atoms with Crippen LogP contribution in [-0.2, 0) is 76.6 Å². The van der Waals surface area contributed by atoms with E-state index in [9.17, 15) is 65.9 Å². The molecule has 24 nitrogen and oxygen atoms in total. The minimum atomic E-state index is -4.71. The maximum absolute atomic E-state index is 15.1. The molecule has 0 aromatic heterocycles. The molecule has 8 atom stereocenters. The van der Waals surface area contributed by atoms with Crippen molar-refractivity contribution in [2.45, 2.75) is 174 Å². The lowest BCUT2D eigenvalue weighted by Crippen LogP contribution is -2.63. The number of alkyl halides is 3. The van der Waals surface area contributed by atoms with Gasteiger partial charge in [-0.25, -0.2) is 0 Å². The lowest BCUT2D eigenvalue weighted by Gasteiger charge is -2.39. The summed E-state index contributed by atoms with van der Waals surface area (Å²) in [6, 6.07) is 1.03. The lowest BCUT2D eigenvalue weighted by molar-refractivity contribution is -0.152. The van der Waals surface area contributed by atoms with Gasteiger partial charge in [-0.2, -0.15) is 13.2 Å². The van der Waals surface area contributed by atoms with Crippen LogP contribution in [0, 0.1) is 33.7 Å². The molecule has 2 aliphatic heterocycles. The van der Waals surface area contributed by atoms with E-state index in [1.54, 1.807) is 43.0 Å². The molecular weight excluding hydrogens is 1360 g/mol. The first-order valence-corrected chi connectivity index (χ1v) is 33.5. The van der Waals surface area contributed by atoms with Crippen molar-refractivity contribution in [3.05, 3.63) is 68.8 Å². The van der Waals surface area contributed by atoms with Crippen LogP contribution in [0.2, 0.25) is 0 Å². The summed E-state index contributed by atoms with van der Waals surface area (Å²) in [5, 5.41) is 10.9. The SMILES string of the molecule is C#CC[C@@H]1NC(=O)[C@H](Cc2cccc(I)c2)NC(=O)CN(C)C(=O)[C@H](Cc2ccc(C(F)(F)F)cc2)N(C)C(=O)CN(C)C(=O)CN(C)C(=O)[C@H]([C@@H](C)CC)NC(=O)[C@H](CC(C)C)N(C)C(=O)CC(C(=O)N2CCCCC2)N(C)C(=O)[C@H](CC(C)C)NC(=O)C(C)(C)N(C)C1=O. The molecular formula is C68H98F3IN12O12. The van der Waals surface area contributed by atoms with E-state index in [0.717, 1.165) is 63.7 Å². The fraction of sp³-hybridized carbons (Fsp3) is 0.618. The van der Waals surface area contributed by atoms with Gasteiger partial charge in [-0.05, 0) is 122 Å². The van der Waals surface area contributed by atoms with Crippen molar-refractivity contribution in [3.8, 4) is 12.3 Å². The summed E-state index contributed by atoms with van der Waals surface area (Å²) >= 11 is 2.06. The highest BCUT2D eigenvalue weighted by molar-refractivity contribution is 14.1. The van der Waals surface area contributed by atoms with Crippen molar-refractivity contribution >= 4 is 93.5 Å². The normalized spacial score (nSPS) is 23.8. The second kappa shape index (κ2) is 35.9. The maximum Gasteiger partial charge on any atom is 0.416 e. The molecule has 0 aliphatic carbocycles. The molecule has 2 aliphatic rings. The van der Waals surface area contributed by atoms with Crippen LogP contribution >= 0.6 is 22.6 Å². The Morgan fingerprint density at radius 2 is 1.21 bits per heavy atom. The number of halogens is 4. The van der Waals surface area contributed by atoms with Gasteiger partial charge < -0.3 is 60.5 Å². The molecule has 2 heterocycles. The molecule has 0 radical (unpaired) electrons. The predicted molar refractivity (Wildman–Crippen MR) is 362 cm³/mol. The smallest absolute Gasteiger partial charge is 0.342 e. The van der Waals surface area contributed by atoms with E-state index in [2.05, 4.69) is 49.8 Å². The number of amides is 12. The Morgan fingerprint density at radius 1 is 0.625 bits per heavy atom. The molecule has 1 unspecified atom stereocenters. The van der Waals surface area contributed by atoms with E-state index < -0.39 is 169 Å². The second-order valence-electron chi connectivity index (χ2n) is 26.7. The molecule has 0 saturated carbocycles. The van der Waals surface area contributed by atoms with Gasteiger partial charge in [0.1, 0.15) is 47.8 Å². The Hall–Kier alpha value is -7.84. The highest BCUT2D eigenvalue weighted by Crippen LogP contribution is 2.30. The Morgan fingerprint density at radius 3 is 1.77 bits per heavy atom. The summed E-state index contributed by atoms with van der Waals surface area (Å²) < 4.78 is 41.9. The average Bonchev–Trinajstić information content (AvgIpc) is 0.833. The fourth-order valence-electron chi connectivity index (χ4n) is 11.3. The molecule has 4 rings (SSSR count).